The maximum atomic E-state index is 13.6. The fourth-order valence-corrected chi connectivity index (χ4v) is 5.90. The topological polar surface area (TPSA) is 247 Å². The van der Waals surface area contributed by atoms with Gasteiger partial charge in [0, 0.05) is 38.5 Å². The molecule has 3 aromatic rings. The molecule has 9 unspecified atom stereocenters. The van der Waals surface area contributed by atoms with Crippen molar-refractivity contribution in [2.24, 2.45) is 0 Å². The number of hydrogen-bond acceptors (Lipinski definition) is 17. The molecule has 9 atom stereocenters. The summed E-state index contributed by atoms with van der Waals surface area (Å²) in [6.45, 7) is 2.37. The van der Waals surface area contributed by atoms with Gasteiger partial charge in [-0.2, -0.15) is 0 Å². The minimum atomic E-state index is -1.63. The van der Waals surface area contributed by atoms with E-state index >= 15 is 0 Å². The third kappa shape index (κ3) is 7.37. The summed E-state index contributed by atoms with van der Waals surface area (Å²) >= 11 is 0. The van der Waals surface area contributed by atoms with Crippen LogP contribution in [0.15, 0.2) is 45.6 Å². The number of methoxy groups -OCH3 is 1. The Balaban J connectivity index is 1.49. The van der Waals surface area contributed by atoms with Gasteiger partial charge in [0.25, 0.3) is 0 Å². The second-order valence-electron chi connectivity index (χ2n) is 11.6. The summed E-state index contributed by atoms with van der Waals surface area (Å²) < 4.78 is 44.6. The minimum Gasteiger partial charge on any atom is -0.507 e. The van der Waals surface area contributed by atoms with Crippen LogP contribution in [0, 0.1) is 0 Å². The Bertz CT molecular complexity index is 1780. The molecule has 0 radical (unpaired) electrons. The van der Waals surface area contributed by atoms with Crippen LogP contribution in [0.5, 0.6) is 17.2 Å². The highest BCUT2D eigenvalue weighted by Gasteiger charge is 2.49. The van der Waals surface area contributed by atoms with Gasteiger partial charge in [0.2, 0.25) is 6.29 Å². The Hall–Kier alpha value is -4.78. The second-order valence-corrected chi connectivity index (χ2v) is 11.6. The molecule has 50 heavy (non-hydrogen) atoms. The summed E-state index contributed by atoms with van der Waals surface area (Å²) in [5, 5.41) is 50.9. The van der Waals surface area contributed by atoms with Gasteiger partial charge in [-0.3, -0.25) is 19.2 Å². The molecule has 2 aliphatic rings. The first-order valence-electron chi connectivity index (χ1n) is 15.3. The molecule has 270 valence electrons. The summed E-state index contributed by atoms with van der Waals surface area (Å²) in [6.07, 6.45) is -12.7. The second kappa shape index (κ2) is 15.0. The molecule has 0 bridgehead atoms. The number of fused-ring (bicyclic) bond motifs is 1. The smallest absolute Gasteiger partial charge is 0.303 e. The molecule has 5 N–H and O–H groups in total. The van der Waals surface area contributed by atoms with Gasteiger partial charge in [0.1, 0.15) is 64.5 Å². The Kier molecular flexibility index (Phi) is 10.9. The van der Waals surface area contributed by atoms with E-state index < -0.39 is 90.8 Å². The standard InChI is InChI=1S/C33H36O17/c1-13(35)45-23-12-44-31(32(47-15(3)37)29(23)46-14(2)36)25-19(39)10-21-24(30(25)43-4)18(38)9-20(49-21)16-5-7-17(8-6-16)48-33-28(42)27(41)26(40)22(11-34)50-33/h5-10,22-23,26-29,31-34,39-42H,11-12H2,1-4H3. The van der Waals surface area contributed by atoms with Crippen molar-refractivity contribution in [3.8, 4) is 28.6 Å². The number of carbonyl (C=O) groups is 3. The lowest BCUT2D eigenvalue weighted by Crippen LogP contribution is -2.60. The van der Waals surface area contributed by atoms with E-state index in [1.807, 2.05) is 0 Å². The molecule has 2 aliphatic heterocycles. The van der Waals surface area contributed by atoms with Gasteiger partial charge in [-0.15, -0.1) is 0 Å². The molecule has 2 aromatic carbocycles. The van der Waals surface area contributed by atoms with Gasteiger partial charge in [0.05, 0.1) is 25.9 Å². The first-order valence-corrected chi connectivity index (χ1v) is 15.3. The number of hydrogen-bond donors (Lipinski definition) is 5. The van der Waals surface area contributed by atoms with E-state index in [0.717, 1.165) is 26.8 Å². The Morgan fingerprint density at radius 1 is 0.880 bits per heavy atom. The van der Waals surface area contributed by atoms with Gasteiger partial charge in [0.15, 0.2) is 23.7 Å². The molecule has 5 rings (SSSR count). The molecule has 0 amide bonds. The maximum Gasteiger partial charge on any atom is 0.303 e. The lowest BCUT2D eigenvalue weighted by molar-refractivity contribution is -0.277. The number of aliphatic hydroxyl groups is 4. The van der Waals surface area contributed by atoms with Crippen molar-refractivity contribution in [3.63, 3.8) is 0 Å². The molecule has 2 fully saturated rings. The monoisotopic (exact) mass is 704 g/mol. The zero-order valence-electron chi connectivity index (χ0n) is 27.2. The summed E-state index contributed by atoms with van der Waals surface area (Å²) in [5.74, 6) is -2.74. The number of aromatic hydroxyl groups is 1. The Morgan fingerprint density at radius 3 is 2.12 bits per heavy atom. The number of ether oxygens (including phenoxy) is 7. The summed E-state index contributed by atoms with van der Waals surface area (Å²) in [6, 6.07) is 8.26. The predicted molar refractivity (Wildman–Crippen MR) is 166 cm³/mol. The molecule has 17 nitrogen and oxygen atoms in total. The summed E-state index contributed by atoms with van der Waals surface area (Å²) in [4.78, 5) is 49.6. The van der Waals surface area contributed by atoms with Crippen LogP contribution in [-0.4, -0.2) is 113 Å². The van der Waals surface area contributed by atoms with Gasteiger partial charge in [-0.25, -0.2) is 0 Å². The maximum absolute atomic E-state index is 13.6. The Morgan fingerprint density at radius 2 is 1.52 bits per heavy atom. The third-order valence-corrected chi connectivity index (χ3v) is 8.07. The van der Waals surface area contributed by atoms with Gasteiger partial charge >= 0.3 is 17.9 Å². The molecule has 2 saturated heterocycles. The zero-order valence-corrected chi connectivity index (χ0v) is 27.2. The molecule has 0 aliphatic carbocycles. The third-order valence-electron chi connectivity index (χ3n) is 8.07. The SMILES string of the molecule is COc1c(C2OCC(OC(C)=O)C(OC(C)=O)C2OC(C)=O)c(O)cc2oc(-c3ccc(OC4OC(CO)C(O)C(O)C4O)cc3)cc(=O)c12. The average molecular weight is 705 g/mol. The number of carbonyl (C=O) groups excluding carboxylic acids is 3. The molecule has 17 heteroatoms. The number of benzene rings is 2. The number of esters is 3. The Labute approximate surface area is 283 Å². The van der Waals surface area contributed by atoms with Crippen molar-refractivity contribution in [1.29, 1.82) is 0 Å². The van der Waals surface area contributed by atoms with E-state index in [4.69, 9.17) is 37.6 Å². The van der Waals surface area contributed by atoms with Crippen LogP contribution >= 0.6 is 0 Å². The number of aliphatic hydroxyl groups excluding tert-OH is 4. The van der Waals surface area contributed by atoms with E-state index in [2.05, 4.69) is 0 Å². The highest BCUT2D eigenvalue weighted by molar-refractivity contribution is 5.88. The lowest BCUT2D eigenvalue weighted by Gasteiger charge is -2.41. The van der Waals surface area contributed by atoms with Crippen molar-refractivity contribution in [2.75, 3.05) is 20.3 Å². The van der Waals surface area contributed by atoms with Crippen molar-refractivity contribution in [1.82, 2.24) is 0 Å². The summed E-state index contributed by atoms with van der Waals surface area (Å²) in [7, 11) is 1.23. The molecule has 3 heterocycles. The molecular weight excluding hydrogens is 668 g/mol. The van der Waals surface area contributed by atoms with Gasteiger partial charge < -0.3 is 63.1 Å². The summed E-state index contributed by atoms with van der Waals surface area (Å²) in [5.41, 5.74) is -0.435. The first kappa shape index (κ1) is 36.5. The van der Waals surface area contributed by atoms with E-state index in [-0.39, 0.29) is 40.4 Å². The van der Waals surface area contributed by atoms with E-state index in [0.29, 0.717) is 5.56 Å². The van der Waals surface area contributed by atoms with E-state index in [9.17, 15) is 44.7 Å². The fourth-order valence-electron chi connectivity index (χ4n) is 5.90. The van der Waals surface area contributed by atoms with Crippen LogP contribution < -0.4 is 14.9 Å². The van der Waals surface area contributed by atoms with E-state index in [1.54, 1.807) is 0 Å². The van der Waals surface area contributed by atoms with Crippen LogP contribution in [0.25, 0.3) is 22.3 Å². The fraction of sp³-hybridized carbons (Fsp3) is 0.455. The normalized spacial score (nSPS) is 28.0. The van der Waals surface area contributed by atoms with Crippen LogP contribution in [0.2, 0.25) is 0 Å². The highest BCUT2D eigenvalue weighted by Crippen LogP contribution is 2.46. The van der Waals surface area contributed by atoms with Crippen molar-refractivity contribution >= 4 is 28.9 Å². The van der Waals surface area contributed by atoms with Crippen molar-refractivity contribution < 1.29 is 77.5 Å². The van der Waals surface area contributed by atoms with E-state index in [1.165, 1.54) is 37.4 Å². The zero-order chi connectivity index (χ0) is 36.4. The van der Waals surface area contributed by atoms with Gasteiger partial charge in [-0.05, 0) is 24.3 Å². The van der Waals surface area contributed by atoms with Crippen molar-refractivity contribution in [3.05, 3.63) is 52.2 Å². The molecule has 0 saturated carbocycles. The minimum absolute atomic E-state index is 0.0712. The average Bonchev–Trinajstić information content (AvgIpc) is 3.05. The predicted octanol–water partition coefficient (Wildman–Crippen LogP) is 0.219. The van der Waals surface area contributed by atoms with Crippen LogP contribution in [0.3, 0.4) is 0 Å². The quantitative estimate of drug-likeness (QED) is 0.148. The number of rotatable bonds is 9. The largest absolute Gasteiger partial charge is 0.507 e. The van der Waals surface area contributed by atoms with Crippen LogP contribution in [0.4, 0.5) is 0 Å². The molecular formula is C33H36O17. The molecule has 1 aromatic heterocycles. The first-order chi connectivity index (χ1) is 23.7. The lowest BCUT2D eigenvalue weighted by atomic mass is 9.91. The van der Waals surface area contributed by atoms with Gasteiger partial charge in [-0.1, -0.05) is 0 Å². The van der Waals surface area contributed by atoms with Crippen LogP contribution in [0.1, 0.15) is 32.4 Å². The van der Waals surface area contributed by atoms with Crippen LogP contribution in [-0.2, 0) is 38.1 Å². The highest BCUT2D eigenvalue weighted by atomic mass is 16.7. The number of phenols is 1. The van der Waals surface area contributed by atoms with Crippen molar-refractivity contribution in [2.45, 2.75) is 75.9 Å². The molecule has 0 spiro atoms. The number of phenolic OH excluding ortho intramolecular Hbond substituents is 1.